The van der Waals surface area contributed by atoms with E-state index in [2.05, 4.69) is 15.5 Å². The number of carbonyl (C=O) groups is 2. The summed E-state index contributed by atoms with van der Waals surface area (Å²) in [7, 11) is 0. The average Bonchev–Trinajstić information content (AvgIpc) is 2.76. The van der Waals surface area contributed by atoms with Gasteiger partial charge in [-0.3, -0.25) is 14.5 Å². The van der Waals surface area contributed by atoms with Crippen LogP contribution in [0.3, 0.4) is 0 Å². The molecule has 1 aromatic carbocycles. The lowest BCUT2D eigenvalue weighted by Crippen LogP contribution is -2.70. The van der Waals surface area contributed by atoms with Gasteiger partial charge in [0.1, 0.15) is 12.1 Å². The fourth-order valence-corrected chi connectivity index (χ4v) is 4.99. The van der Waals surface area contributed by atoms with Gasteiger partial charge in [-0.05, 0) is 63.0 Å². The molecule has 8 heteroatoms. The van der Waals surface area contributed by atoms with E-state index < -0.39 is 35.4 Å². The summed E-state index contributed by atoms with van der Waals surface area (Å²) in [5.74, 6) is -0.958. The first-order chi connectivity index (χ1) is 14.3. The molecule has 3 fully saturated rings. The van der Waals surface area contributed by atoms with Crippen molar-refractivity contribution < 1.29 is 22.8 Å². The number of carbonyl (C=O) groups excluding carboxylic acids is 2. The van der Waals surface area contributed by atoms with Crippen molar-refractivity contribution in [3.05, 3.63) is 29.8 Å². The Balaban J connectivity index is 1.42. The monoisotopic (exact) mass is 423 g/mol. The van der Waals surface area contributed by atoms with Crippen LogP contribution >= 0.6 is 0 Å². The average molecular weight is 423 g/mol. The predicted octanol–water partition coefficient (Wildman–Crippen LogP) is 3.39. The quantitative estimate of drug-likeness (QED) is 0.711. The zero-order chi connectivity index (χ0) is 21.3. The molecule has 0 spiro atoms. The van der Waals surface area contributed by atoms with Crippen LogP contribution in [0, 0.1) is 0 Å². The Bertz CT molecular complexity index is 775. The largest absolute Gasteiger partial charge is 0.416 e. The topological polar surface area (TPSA) is 61.4 Å². The maximum absolute atomic E-state index is 12.8. The smallest absolute Gasteiger partial charge is 0.373 e. The van der Waals surface area contributed by atoms with Gasteiger partial charge in [0.15, 0.2) is 0 Å². The first kappa shape index (κ1) is 21.3. The first-order valence-electron chi connectivity index (χ1n) is 10.9. The minimum absolute atomic E-state index is 0.149. The summed E-state index contributed by atoms with van der Waals surface area (Å²) in [6.45, 7) is 2.15. The lowest BCUT2D eigenvalue weighted by atomic mass is 9.80. The van der Waals surface area contributed by atoms with Gasteiger partial charge in [-0.1, -0.05) is 19.3 Å². The highest BCUT2D eigenvalue weighted by molar-refractivity contribution is 6.49. The summed E-state index contributed by atoms with van der Waals surface area (Å²) in [4.78, 5) is 27.0. The van der Waals surface area contributed by atoms with Crippen LogP contribution < -0.4 is 10.6 Å². The SMILES string of the molecule is O=C1C(=O)C(NC2CCCC[C@H]2N2CCCCC2)C1Nc1ccc(C(F)(F)F)cc1. The highest BCUT2D eigenvalue weighted by Crippen LogP contribution is 2.31. The molecule has 5 nitrogen and oxygen atoms in total. The molecule has 0 bridgehead atoms. The van der Waals surface area contributed by atoms with E-state index >= 15 is 0 Å². The number of hydrogen-bond donors (Lipinski definition) is 2. The Morgan fingerprint density at radius 2 is 1.47 bits per heavy atom. The standard InChI is InChI=1S/C22H28F3N3O2/c23-22(24,25)14-8-10-15(11-9-14)26-18-19(21(30)20(18)29)27-16-6-2-3-7-17(16)28-12-4-1-5-13-28/h8-11,16-19,26-27H,1-7,12-13H2/t16?,17-,18?,19?/m1/s1. The third-order valence-electron chi connectivity index (χ3n) is 6.66. The van der Waals surface area contributed by atoms with E-state index in [1.807, 2.05) is 0 Å². The Hall–Kier alpha value is -1.93. The molecule has 0 aromatic heterocycles. The molecule has 4 atom stereocenters. The van der Waals surface area contributed by atoms with Gasteiger partial charge in [0.05, 0.1) is 5.56 Å². The van der Waals surface area contributed by atoms with Crippen molar-refractivity contribution in [3.8, 4) is 0 Å². The third-order valence-corrected chi connectivity index (χ3v) is 6.66. The second-order valence-corrected chi connectivity index (χ2v) is 8.62. The minimum atomic E-state index is -4.41. The van der Waals surface area contributed by atoms with Gasteiger partial charge < -0.3 is 10.6 Å². The highest BCUT2D eigenvalue weighted by Gasteiger charge is 2.50. The number of alkyl halides is 3. The number of piperidine rings is 1. The molecule has 164 valence electrons. The number of benzene rings is 1. The van der Waals surface area contributed by atoms with Gasteiger partial charge in [-0.2, -0.15) is 13.2 Å². The van der Waals surface area contributed by atoms with Crippen molar-refractivity contribution in [2.75, 3.05) is 18.4 Å². The number of likely N-dealkylation sites (tertiary alicyclic amines) is 1. The maximum Gasteiger partial charge on any atom is 0.416 e. The number of rotatable bonds is 5. The van der Waals surface area contributed by atoms with Crippen LogP contribution in [0.15, 0.2) is 24.3 Å². The molecule has 3 unspecified atom stereocenters. The molecule has 4 rings (SSSR count). The number of ketones is 2. The van der Waals surface area contributed by atoms with Crippen molar-refractivity contribution in [2.24, 2.45) is 0 Å². The fourth-order valence-electron chi connectivity index (χ4n) is 4.99. The Labute approximate surface area is 174 Å². The molecule has 2 N–H and O–H groups in total. The van der Waals surface area contributed by atoms with Crippen LogP contribution in [0.25, 0.3) is 0 Å². The normalized spacial score (nSPS) is 30.8. The van der Waals surface area contributed by atoms with Crippen LogP contribution in [0.1, 0.15) is 50.5 Å². The Morgan fingerprint density at radius 1 is 0.833 bits per heavy atom. The van der Waals surface area contributed by atoms with E-state index in [0.717, 1.165) is 44.5 Å². The molecule has 0 amide bonds. The van der Waals surface area contributed by atoms with Crippen LogP contribution in [-0.2, 0) is 15.8 Å². The molecule has 2 aliphatic carbocycles. The lowest BCUT2D eigenvalue weighted by molar-refractivity contribution is -0.146. The van der Waals surface area contributed by atoms with Crippen molar-refractivity contribution in [2.45, 2.75) is 75.3 Å². The van der Waals surface area contributed by atoms with Crippen molar-refractivity contribution in [3.63, 3.8) is 0 Å². The van der Waals surface area contributed by atoms with Crippen molar-refractivity contribution in [1.82, 2.24) is 10.2 Å². The van der Waals surface area contributed by atoms with E-state index in [-0.39, 0.29) is 6.04 Å². The van der Waals surface area contributed by atoms with Gasteiger partial charge in [0.2, 0.25) is 11.6 Å². The molecule has 30 heavy (non-hydrogen) atoms. The van der Waals surface area contributed by atoms with E-state index in [1.165, 1.54) is 37.8 Å². The summed E-state index contributed by atoms with van der Waals surface area (Å²) < 4.78 is 38.3. The molecule has 1 heterocycles. The number of nitrogens with one attached hydrogen (secondary N) is 2. The summed E-state index contributed by atoms with van der Waals surface area (Å²) in [6.07, 6.45) is 3.56. The molecule has 1 aromatic rings. The van der Waals surface area contributed by atoms with Crippen LogP contribution in [0.5, 0.6) is 0 Å². The third kappa shape index (κ3) is 4.39. The number of nitrogens with zero attached hydrogens (tertiary/aromatic N) is 1. The van der Waals surface area contributed by atoms with E-state index in [0.29, 0.717) is 11.7 Å². The van der Waals surface area contributed by atoms with E-state index in [4.69, 9.17) is 0 Å². The predicted molar refractivity (Wildman–Crippen MR) is 107 cm³/mol. The van der Waals surface area contributed by atoms with Crippen molar-refractivity contribution in [1.29, 1.82) is 0 Å². The van der Waals surface area contributed by atoms with Crippen LogP contribution in [0.4, 0.5) is 18.9 Å². The molecule has 3 aliphatic rings. The van der Waals surface area contributed by atoms with E-state index in [1.54, 1.807) is 0 Å². The van der Waals surface area contributed by atoms with E-state index in [9.17, 15) is 22.8 Å². The molecule has 1 aliphatic heterocycles. The molecule has 2 saturated carbocycles. The number of anilines is 1. The zero-order valence-electron chi connectivity index (χ0n) is 16.9. The highest BCUT2D eigenvalue weighted by atomic mass is 19.4. The van der Waals surface area contributed by atoms with Gasteiger partial charge in [0.25, 0.3) is 0 Å². The second kappa shape index (κ2) is 8.67. The second-order valence-electron chi connectivity index (χ2n) is 8.62. The minimum Gasteiger partial charge on any atom is -0.373 e. The fraction of sp³-hybridized carbons (Fsp3) is 0.636. The number of halogens is 3. The molecular weight excluding hydrogens is 395 g/mol. The Morgan fingerprint density at radius 3 is 2.13 bits per heavy atom. The number of Topliss-reactive ketones (excluding diaryl/α,β-unsaturated/α-hetero) is 2. The summed E-state index contributed by atoms with van der Waals surface area (Å²) in [6, 6.07) is 3.70. The summed E-state index contributed by atoms with van der Waals surface area (Å²) in [5.41, 5.74) is -0.345. The first-order valence-corrected chi connectivity index (χ1v) is 10.9. The molecule has 1 saturated heterocycles. The van der Waals surface area contributed by atoms with Gasteiger partial charge >= 0.3 is 6.18 Å². The molecular formula is C22H28F3N3O2. The van der Waals surface area contributed by atoms with Gasteiger partial charge in [-0.25, -0.2) is 0 Å². The number of hydrogen-bond acceptors (Lipinski definition) is 5. The van der Waals surface area contributed by atoms with Gasteiger partial charge in [-0.15, -0.1) is 0 Å². The maximum atomic E-state index is 12.8. The molecule has 0 radical (unpaired) electrons. The van der Waals surface area contributed by atoms with Crippen LogP contribution in [0.2, 0.25) is 0 Å². The zero-order valence-corrected chi connectivity index (χ0v) is 16.9. The van der Waals surface area contributed by atoms with Crippen molar-refractivity contribution >= 4 is 17.3 Å². The summed E-state index contributed by atoms with van der Waals surface area (Å²) in [5, 5.41) is 6.39. The lowest BCUT2D eigenvalue weighted by Gasteiger charge is -2.45. The summed E-state index contributed by atoms with van der Waals surface area (Å²) >= 11 is 0. The Kier molecular flexibility index (Phi) is 6.16. The van der Waals surface area contributed by atoms with Gasteiger partial charge in [0, 0.05) is 17.8 Å². The van der Waals surface area contributed by atoms with Crippen LogP contribution in [-0.4, -0.2) is 53.7 Å².